The van der Waals surface area contributed by atoms with E-state index in [1.165, 1.54) is 30.1 Å². The summed E-state index contributed by atoms with van der Waals surface area (Å²) in [5.74, 6) is 0.292. The van der Waals surface area contributed by atoms with Crippen LogP contribution in [0, 0.1) is 28.5 Å². The molecule has 0 atom stereocenters. The number of hydrogen-bond acceptors (Lipinski definition) is 7. The molecule has 1 aromatic carbocycles. The molecule has 0 spiro atoms. The van der Waals surface area contributed by atoms with Gasteiger partial charge in [0.2, 0.25) is 5.91 Å². The van der Waals surface area contributed by atoms with E-state index in [0.717, 1.165) is 16.9 Å². The van der Waals surface area contributed by atoms with Gasteiger partial charge in [0.15, 0.2) is 0 Å². The van der Waals surface area contributed by atoms with Crippen LogP contribution < -0.4 is 4.90 Å². The molecule has 1 saturated heterocycles. The lowest BCUT2D eigenvalue weighted by atomic mass is 10.1. The van der Waals surface area contributed by atoms with Gasteiger partial charge < -0.3 is 9.80 Å². The minimum Gasteiger partial charge on any atom is -0.346 e. The summed E-state index contributed by atoms with van der Waals surface area (Å²) in [5, 5.41) is 23.4. The van der Waals surface area contributed by atoms with Crippen molar-refractivity contribution in [3.05, 3.63) is 71.9 Å². The van der Waals surface area contributed by atoms with Gasteiger partial charge in [-0.25, -0.2) is 13.9 Å². The number of carbonyl (C=O) groups excluding carboxylic acids is 1. The standard InChI is InChI=1S/C25H18FN7OS/c1-31-6-7-32(15-24(31)34)23-5-2-16(12-29-23)18-9-22(25-19(11-28)13-30-33(25)14-18)35-21-4-3-20(26)8-17(21)10-27/h2-5,8-9,12-14H,6-7,15H2,1H3. The van der Waals surface area contributed by atoms with Crippen LogP contribution in [0.5, 0.6) is 0 Å². The molecular formula is C25H18FN7OS. The van der Waals surface area contributed by atoms with Gasteiger partial charge in [-0.2, -0.15) is 15.6 Å². The second-order valence-corrected chi connectivity index (χ2v) is 9.14. The fourth-order valence-corrected chi connectivity index (χ4v) is 4.97. The van der Waals surface area contributed by atoms with Gasteiger partial charge in [0, 0.05) is 53.4 Å². The van der Waals surface area contributed by atoms with E-state index in [4.69, 9.17) is 0 Å². The van der Waals surface area contributed by atoms with Crippen molar-refractivity contribution in [2.75, 3.05) is 31.6 Å². The van der Waals surface area contributed by atoms with E-state index in [1.807, 2.05) is 35.4 Å². The first-order valence-electron chi connectivity index (χ1n) is 10.7. The predicted octanol–water partition coefficient (Wildman–Crippen LogP) is 3.71. The molecule has 0 aliphatic carbocycles. The number of nitrogens with zero attached hydrogens (tertiary/aromatic N) is 7. The van der Waals surface area contributed by atoms with Gasteiger partial charge in [0.1, 0.15) is 23.8 Å². The zero-order chi connectivity index (χ0) is 24.5. The van der Waals surface area contributed by atoms with Crippen molar-refractivity contribution in [3.63, 3.8) is 0 Å². The zero-order valence-electron chi connectivity index (χ0n) is 18.6. The molecule has 0 radical (unpaired) electrons. The van der Waals surface area contributed by atoms with Crippen molar-refractivity contribution in [1.29, 1.82) is 10.5 Å². The van der Waals surface area contributed by atoms with Crippen molar-refractivity contribution in [1.82, 2.24) is 19.5 Å². The Kier molecular flexibility index (Phi) is 5.81. The third-order valence-electron chi connectivity index (χ3n) is 5.84. The van der Waals surface area contributed by atoms with Gasteiger partial charge in [-0.1, -0.05) is 11.8 Å². The number of rotatable bonds is 4. The number of pyridine rings is 2. The Hall–Kier alpha value is -4.41. The first-order chi connectivity index (χ1) is 17.0. The van der Waals surface area contributed by atoms with Gasteiger partial charge in [-0.05, 0) is 36.4 Å². The normalized spacial score (nSPS) is 13.7. The van der Waals surface area contributed by atoms with Gasteiger partial charge in [0.25, 0.3) is 0 Å². The topological polar surface area (TPSA) is 101 Å². The fourth-order valence-electron chi connectivity index (χ4n) is 3.90. The number of fused-ring (bicyclic) bond motifs is 1. The number of nitriles is 2. The Morgan fingerprint density at radius 3 is 2.54 bits per heavy atom. The Balaban J connectivity index is 1.53. The first-order valence-corrected chi connectivity index (χ1v) is 11.5. The molecule has 1 fully saturated rings. The number of halogens is 1. The average molecular weight is 484 g/mol. The number of hydrogen-bond donors (Lipinski definition) is 0. The van der Waals surface area contributed by atoms with Gasteiger partial charge in [0.05, 0.1) is 29.4 Å². The van der Waals surface area contributed by atoms with Crippen LogP contribution >= 0.6 is 11.8 Å². The second kappa shape index (κ2) is 9.09. The van der Waals surface area contributed by atoms with Crippen LogP contribution in [-0.4, -0.2) is 52.1 Å². The van der Waals surface area contributed by atoms with Crippen LogP contribution in [0.15, 0.2) is 64.8 Å². The maximum atomic E-state index is 13.6. The summed E-state index contributed by atoms with van der Waals surface area (Å²) in [4.78, 5) is 21.6. The van der Waals surface area contributed by atoms with Crippen molar-refractivity contribution < 1.29 is 9.18 Å². The Bertz CT molecular complexity index is 1530. The highest BCUT2D eigenvalue weighted by Gasteiger charge is 2.22. The molecule has 1 aliphatic rings. The van der Waals surface area contributed by atoms with E-state index in [-0.39, 0.29) is 11.5 Å². The first kappa shape index (κ1) is 22.4. The molecule has 4 aromatic rings. The highest BCUT2D eigenvalue weighted by atomic mass is 32.2. The second-order valence-electron chi connectivity index (χ2n) is 8.05. The van der Waals surface area contributed by atoms with E-state index >= 15 is 0 Å². The Morgan fingerprint density at radius 2 is 1.83 bits per heavy atom. The number of piperazine rings is 1. The minimum absolute atomic E-state index is 0.0544. The number of amides is 1. The summed E-state index contributed by atoms with van der Waals surface area (Å²) in [6, 6.07) is 13.9. The molecule has 0 N–H and O–H groups in total. The molecule has 3 aromatic heterocycles. The van der Waals surface area contributed by atoms with Crippen LogP contribution in [0.1, 0.15) is 11.1 Å². The third-order valence-corrected chi connectivity index (χ3v) is 6.95. The summed E-state index contributed by atoms with van der Waals surface area (Å²) < 4.78 is 15.3. The molecule has 0 saturated carbocycles. The molecule has 5 rings (SSSR count). The molecular weight excluding hydrogens is 465 g/mol. The van der Waals surface area contributed by atoms with E-state index in [1.54, 1.807) is 28.7 Å². The quantitative estimate of drug-likeness (QED) is 0.436. The van der Waals surface area contributed by atoms with E-state index in [9.17, 15) is 19.7 Å². The lowest BCUT2D eigenvalue weighted by Gasteiger charge is -2.32. The summed E-state index contributed by atoms with van der Waals surface area (Å²) in [6.45, 7) is 1.65. The maximum absolute atomic E-state index is 13.6. The summed E-state index contributed by atoms with van der Waals surface area (Å²) in [6.07, 6.45) is 5.04. The van der Waals surface area contributed by atoms with E-state index in [2.05, 4.69) is 16.2 Å². The van der Waals surface area contributed by atoms with Crippen LogP contribution in [0.4, 0.5) is 10.2 Å². The van der Waals surface area contributed by atoms with Crippen LogP contribution in [0.3, 0.4) is 0 Å². The molecule has 0 bridgehead atoms. The highest BCUT2D eigenvalue weighted by Crippen LogP contribution is 2.37. The minimum atomic E-state index is -0.486. The number of benzene rings is 1. The Morgan fingerprint density at radius 1 is 1.00 bits per heavy atom. The smallest absolute Gasteiger partial charge is 0.241 e. The molecule has 1 aliphatic heterocycles. The van der Waals surface area contributed by atoms with Crippen molar-refractivity contribution >= 4 is 29.0 Å². The molecule has 35 heavy (non-hydrogen) atoms. The number of anilines is 1. The van der Waals surface area contributed by atoms with Gasteiger partial charge in [-0.15, -0.1) is 0 Å². The average Bonchev–Trinajstić information content (AvgIpc) is 3.30. The SMILES string of the molecule is CN1CCN(c2ccc(-c3cc(Sc4ccc(F)cc4C#N)c4c(C#N)cnn4c3)cn2)CC1=O. The molecule has 8 nitrogen and oxygen atoms in total. The Labute approximate surface area is 204 Å². The molecule has 172 valence electrons. The number of likely N-dealkylation sites (N-methyl/N-ethyl adjacent to an activating group) is 1. The predicted molar refractivity (Wildman–Crippen MR) is 128 cm³/mol. The molecule has 10 heteroatoms. The lowest BCUT2D eigenvalue weighted by Crippen LogP contribution is -2.48. The van der Waals surface area contributed by atoms with Crippen LogP contribution in [0.25, 0.3) is 16.6 Å². The molecule has 1 amide bonds. The van der Waals surface area contributed by atoms with Gasteiger partial charge >= 0.3 is 0 Å². The van der Waals surface area contributed by atoms with Crippen molar-refractivity contribution in [2.45, 2.75) is 9.79 Å². The van der Waals surface area contributed by atoms with E-state index in [0.29, 0.717) is 40.5 Å². The largest absolute Gasteiger partial charge is 0.346 e. The number of aromatic nitrogens is 3. The van der Waals surface area contributed by atoms with Crippen LogP contribution in [-0.2, 0) is 4.79 Å². The van der Waals surface area contributed by atoms with Crippen LogP contribution in [0.2, 0.25) is 0 Å². The van der Waals surface area contributed by atoms with Crippen molar-refractivity contribution in [2.24, 2.45) is 0 Å². The monoisotopic (exact) mass is 483 g/mol. The summed E-state index contributed by atoms with van der Waals surface area (Å²) in [7, 11) is 1.79. The maximum Gasteiger partial charge on any atom is 0.241 e. The van der Waals surface area contributed by atoms with E-state index < -0.39 is 5.82 Å². The molecule has 4 heterocycles. The summed E-state index contributed by atoms with van der Waals surface area (Å²) >= 11 is 1.27. The number of carbonyl (C=O) groups is 1. The third kappa shape index (κ3) is 4.27. The molecule has 0 unspecified atom stereocenters. The fraction of sp³-hybridized carbons (Fsp3) is 0.160. The lowest BCUT2D eigenvalue weighted by molar-refractivity contribution is -0.129. The van der Waals surface area contributed by atoms with Gasteiger partial charge in [-0.3, -0.25) is 4.79 Å². The zero-order valence-corrected chi connectivity index (χ0v) is 19.5. The van der Waals surface area contributed by atoms with Crippen molar-refractivity contribution in [3.8, 4) is 23.3 Å². The highest BCUT2D eigenvalue weighted by molar-refractivity contribution is 7.99. The summed E-state index contributed by atoms with van der Waals surface area (Å²) in [5.41, 5.74) is 2.85.